The van der Waals surface area contributed by atoms with Gasteiger partial charge in [-0.3, -0.25) is 9.59 Å². The van der Waals surface area contributed by atoms with Crippen LogP contribution in [0, 0.1) is 0 Å². The van der Waals surface area contributed by atoms with Crippen LogP contribution in [0.3, 0.4) is 0 Å². The molecular formula is C18H19F7O3. The maximum absolute atomic E-state index is 13.5. The molecule has 0 aliphatic heterocycles. The van der Waals surface area contributed by atoms with E-state index in [1.165, 1.54) is 19.2 Å². The Labute approximate surface area is 156 Å². The summed E-state index contributed by atoms with van der Waals surface area (Å²) in [5.74, 6) is -1.05. The van der Waals surface area contributed by atoms with Gasteiger partial charge in [-0.2, -0.15) is 26.3 Å². The summed E-state index contributed by atoms with van der Waals surface area (Å²) < 4.78 is 92.8. The SMILES string of the molecule is COC(=O)CCCc1ccc(C(=O)CCCC(F)(C(F)(F)F)C(F)(F)F)cc1. The lowest BCUT2D eigenvalue weighted by Crippen LogP contribution is -2.53. The van der Waals surface area contributed by atoms with Crippen molar-refractivity contribution in [3.8, 4) is 0 Å². The third-order valence-corrected chi connectivity index (χ3v) is 4.17. The highest BCUT2D eigenvalue weighted by molar-refractivity contribution is 5.96. The largest absolute Gasteiger partial charge is 0.469 e. The van der Waals surface area contributed by atoms with Gasteiger partial charge in [-0.15, -0.1) is 0 Å². The summed E-state index contributed by atoms with van der Waals surface area (Å²) in [4.78, 5) is 22.9. The quantitative estimate of drug-likeness (QED) is 0.309. The first-order valence-corrected chi connectivity index (χ1v) is 8.33. The maximum atomic E-state index is 13.5. The molecule has 0 atom stereocenters. The van der Waals surface area contributed by atoms with Gasteiger partial charge in [0.2, 0.25) is 0 Å². The standard InChI is InChI=1S/C18H19F7O3/c1-28-15(27)6-2-4-12-7-9-13(10-8-12)14(26)5-3-11-16(19,17(20,21)22)18(23,24)25/h7-10H,2-6,11H2,1H3. The van der Waals surface area contributed by atoms with Crippen LogP contribution >= 0.6 is 0 Å². The molecule has 1 rings (SSSR count). The topological polar surface area (TPSA) is 43.4 Å². The van der Waals surface area contributed by atoms with E-state index in [-0.39, 0.29) is 18.0 Å². The molecule has 0 N–H and O–H groups in total. The smallest absolute Gasteiger partial charge is 0.431 e. The summed E-state index contributed by atoms with van der Waals surface area (Å²) >= 11 is 0. The lowest BCUT2D eigenvalue weighted by Gasteiger charge is -2.29. The second kappa shape index (κ2) is 9.38. The molecule has 0 spiro atoms. The van der Waals surface area contributed by atoms with Gasteiger partial charge in [-0.1, -0.05) is 24.3 Å². The van der Waals surface area contributed by atoms with Crippen LogP contribution in [0.1, 0.15) is 48.0 Å². The highest BCUT2D eigenvalue weighted by Gasteiger charge is 2.71. The van der Waals surface area contributed by atoms with Crippen LogP contribution in [0.2, 0.25) is 0 Å². The molecule has 0 heterocycles. The first kappa shape index (κ1) is 23.9. The summed E-state index contributed by atoms with van der Waals surface area (Å²) in [5, 5.41) is 0. The molecule has 0 fully saturated rings. The van der Waals surface area contributed by atoms with Gasteiger partial charge in [0.1, 0.15) is 0 Å². The van der Waals surface area contributed by atoms with Gasteiger partial charge in [0, 0.05) is 24.8 Å². The minimum absolute atomic E-state index is 0.0974. The van der Waals surface area contributed by atoms with Gasteiger partial charge in [-0.25, -0.2) is 4.39 Å². The molecule has 1 aromatic carbocycles. The predicted molar refractivity (Wildman–Crippen MR) is 85.5 cm³/mol. The van der Waals surface area contributed by atoms with E-state index in [0.29, 0.717) is 12.8 Å². The number of rotatable bonds is 9. The zero-order valence-electron chi connectivity index (χ0n) is 14.9. The molecule has 0 aromatic heterocycles. The minimum atomic E-state index is -6.11. The number of methoxy groups -OCH3 is 1. The Bertz CT molecular complexity index is 649. The van der Waals surface area contributed by atoms with Crippen LogP contribution in [0.5, 0.6) is 0 Å². The van der Waals surface area contributed by atoms with Gasteiger partial charge in [0.15, 0.2) is 5.78 Å². The van der Waals surface area contributed by atoms with Crippen molar-refractivity contribution in [2.45, 2.75) is 56.5 Å². The Morgan fingerprint density at radius 1 is 0.857 bits per heavy atom. The predicted octanol–water partition coefficient (Wildman–Crippen LogP) is 5.37. The van der Waals surface area contributed by atoms with Gasteiger partial charge in [0.25, 0.3) is 5.67 Å². The summed E-state index contributed by atoms with van der Waals surface area (Å²) in [6.07, 6.45) is -14.4. The number of ketones is 1. The second-order valence-corrected chi connectivity index (χ2v) is 6.20. The average Bonchev–Trinajstić information content (AvgIpc) is 2.59. The maximum Gasteiger partial charge on any atom is 0.431 e. The molecule has 0 saturated heterocycles. The highest BCUT2D eigenvalue weighted by Crippen LogP contribution is 2.49. The van der Waals surface area contributed by atoms with Gasteiger partial charge < -0.3 is 4.74 Å². The molecule has 0 unspecified atom stereocenters. The zero-order chi connectivity index (χ0) is 21.6. The van der Waals surface area contributed by atoms with Crippen LogP contribution in [0.15, 0.2) is 24.3 Å². The molecule has 3 nitrogen and oxygen atoms in total. The van der Waals surface area contributed by atoms with E-state index in [9.17, 15) is 40.3 Å². The monoisotopic (exact) mass is 416 g/mol. The Hall–Kier alpha value is -2.13. The number of ether oxygens (including phenoxy) is 1. The highest BCUT2D eigenvalue weighted by atomic mass is 19.4. The molecule has 0 saturated carbocycles. The van der Waals surface area contributed by atoms with E-state index in [1.807, 2.05) is 0 Å². The average molecular weight is 416 g/mol. The van der Waals surface area contributed by atoms with Gasteiger partial charge in [0.05, 0.1) is 7.11 Å². The molecule has 0 radical (unpaired) electrons. The van der Waals surface area contributed by atoms with Gasteiger partial charge in [-0.05, 0) is 24.8 Å². The number of carbonyl (C=O) groups excluding carboxylic acids is 2. The fourth-order valence-electron chi connectivity index (χ4n) is 2.48. The van der Waals surface area contributed by atoms with Gasteiger partial charge >= 0.3 is 18.3 Å². The van der Waals surface area contributed by atoms with Crippen molar-refractivity contribution in [3.05, 3.63) is 35.4 Å². The molecule has 0 aliphatic carbocycles. The van der Waals surface area contributed by atoms with E-state index < -0.39 is 43.1 Å². The van der Waals surface area contributed by atoms with Crippen molar-refractivity contribution in [3.63, 3.8) is 0 Å². The van der Waals surface area contributed by atoms with Crippen LogP contribution in [-0.2, 0) is 16.0 Å². The number of carbonyl (C=O) groups is 2. The molecule has 0 aliphatic rings. The van der Waals surface area contributed by atoms with E-state index >= 15 is 0 Å². The van der Waals surface area contributed by atoms with Crippen molar-refractivity contribution in [1.82, 2.24) is 0 Å². The third kappa shape index (κ3) is 6.20. The molecule has 1 aromatic rings. The summed E-state index contributed by atoms with van der Waals surface area (Å²) in [5.41, 5.74) is -4.46. The van der Waals surface area contributed by atoms with Crippen molar-refractivity contribution in [1.29, 1.82) is 0 Å². The molecule has 28 heavy (non-hydrogen) atoms. The minimum Gasteiger partial charge on any atom is -0.469 e. The van der Waals surface area contributed by atoms with Crippen molar-refractivity contribution in [2.24, 2.45) is 0 Å². The van der Waals surface area contributed by atoms with Crippen LogP contribution < -0.4 is 0 Å². The summed E-state index contributed by atoms with van der Waals surface area (Å²) in [6.45, 7) is 0. The van der Waals surface area contributed by atoms with Crippen LogP contribution in [0.4, 0.5) is 30.7 Å². The number of halogens is 7. The summed E-state index contributed by atoms with van der Waals surface area (Å²) in [7, 11) is 1.26. The molecule has 0 amide bonds. The number of benzene rings is 1. The number of aryl methyl sites for hydroxylation is 1. The molecule has 0 bridgehead atoms. The van der Waals surface area contributed by atoms with Crippen LogP contribution in [-0.4, -0.2) is 36.9 Å². The fourth-order valence-corrected chi connectivity index (χ4v) is 2.48. The molecule has 158 valence electrons. The second-order valence-electron chi connectivity index (χ2n) is 6.20. The number of Topliss-reactive ketones (excluding diaryl/α,β-unsaturated/α-hetero) is 1. The first-order valence-electron chi connectivity index (χ1n) is 8.33. The van der Waals surface area contributed by atoms with E-state index in [2.05, 4.69) is 4.74 Å². The Morgan fingerprint density at radius 2 is 1.39 bits per heavy atom. The van der Waals surface area contributed by atoms with Crippen molar-refractivity contribution >= 4 is 11.8 Å². The third-order valence-electron chi connectivity index (χ3n) is 4.17. The lowest BCUT2D eigenvalue weighted by atomic mass is 9.94. The fraction of sp³-hybridized carbons (Fsp3) is 0.556. The Morgan fingerprint density at radius 3 is 1.86 bits per heavy atom. The van der Waals surface area contributed by atoms with E-state index in [4.69, 9.17) is 0 Å². The van der Waals surface area contributed by atoms with Crippen LogP contribution in [0.25, 0.3) is 0 Å². The summed E-state index contributed by atoms with van der Waals surface area (Å²) in [6, 6.07) is 5.89. The first-order chi connectivity index (χ1) is 12.8. The molecular weight excluding hydrogens is 397 g/mol. The zero-order valence-corrected chi connectivity index (χ0v) is 14.9. The van der Waals surface area contributed by atoms with E-state index in [1.54, 1.807) is 12.1 Å². The molecule has 10 heteroatoms. The van der Waals surface area contributed by atoms with E-state index in [0.717, 1.165) is 5.56 Å². The Balaban J connectivity index is 2.60. The normalized spacial score (nSPS) is 12.7. The number of hydrogen-bond donors (Lipinski definition) is 0. The number of alkyl halides is 7. The Kier molecular flexibility index (Phi) is 8.01. The van der Waals surface area contributed by atoms with Crippen molar-refractivity contribution < 1.29 is 45.1 Å². The lowest BCUT2D eigenvalue weighted by molar-refractivity contribution is -0.343. The number of esters is 1. The van der Waals surface area contributed by atoms with Crippen molar-refractivity contribution in [2.75, 3.05) is 7.11 Å². The number of hydrogen-bond acceptors (Lipinski definition) is 3.